The number of allylic oxidation sites excluding steroid dienone is 1. The lowest BCUT2D eigenvalue weighted by molar-refractivity contribution is 0.0697. The number of oxazole rings is 1. The molecule has 0 saturated carbocycles. The Morgan fingerprint density at radius 3 is 2.80 bits per heavy atom. The van der Waals surface area contributed by atoms with Gasteiger partial charge in [-0.1, -0.05) is 23.2 Å². The lowest BCUT2D eigenvalue weighted by Gasteiger charge is -2.04. The molecule has 2 aromatic carbocycles. The monoisotopic (exact) mass is 373 g/mol. The molecule has 3 aromatic rings. The molecule has 0 unspecified atom stereocenters. The molecule has 1 heterocycles. The number of nitrogens with zero attached hydrogens (tertiary/aromatic N) is 2. The molecule has 2 N–H and O–H groups in total. The van der Waals surface area contributed by atoms with E-state index in [1.807, 2.05) is 6.07 Å². The van der Waals surface area contributed by atoms with Gasteiger partial charge in [-0.2, -0.15) is 5.26 Å². The molecule has 8 heteroatoms. The second-order valence-electron chi connectivity index (χ2n) is 4.94. The minimum absolute atomic E-state index is 0.0462. The molecule has 0 fully saturated rings. The van der Waals surface area contributed by atoms with Crippen molar-refractivity contribution < 1.29 is 14.3 Å². The highest BCUT2D eigenvalue weighted by Gasteiger charge is 2.12. The summed E-state index contributed by atoms with van der Waals surface area (Å²) in [6.45, 7) is 0. The molecule has 0 atom stereocenters. The summed E-state index contributed by atoms with van der Waals surface area (Å²) in [7, 11) is 0. The second kappa shape index (κ2) is 6.85. The molecule has 0 amide bonds. The van der Waals surface area contributed by atoms with Gasteiger partial charge in [0, 0.05) is 16.9 Å². The molecule has 0 spiro atoms. The SMILES string of the molecule is N#CC(=CNc1ccc(Cl)c(C(=O)O)c1)c1nc2cc(Cl)ccc2o1. The number of anilines is 1. The first-order valence-electron chi connectivity index (χ1n) is 6.94. The number of carboxylic acids is 1. The van der Waals surface area contributed by atoms with Crippen LogP contribution in [0.5, 0.6) is 0 Å². The van der Waals surface area contributed by atoms with Crippen LogP contribution >= 0.6 is 23.2 Å². The molecule has 0 bridgehead atoms. The Morgan fingerprint density at radius 1 is 1.28 bits per heavy atom. The largest absolute Gasteiger partial charge is 0.478 e. The van der Waals surface area contributed by atoms with Crippen LogP contribution in [0, 0.1) is 11.3 Å². The van der Waals surface area contributed by atoms with Gasteiger partial charge in [0.15, 0.2) is 5.58 Å². The highest BCUT2D eigenvalue weighted by atomic mass is 35.5. The lowest BCUT2D eigenvalue weighted by atomic mass is 10.2. The van der Waals surface area contributed by atoms with Crippen molar-refractivity contribution in [2.45, 2.75) is 0 Å². The minimum atomic E-state index is -1.14. The van der Waals surface area contributed by atoms with Gasteiger partial charge < -0.3 is 14.8 Å². The molecule has 25 heavy (non-hydrogen) atoms. The number of aromatic carboxylic acids is 1. The average molecular weight is 374 g/mol. The van der Waals surface area contributed by atoms with E-state index >= 15 is 0 Å². The van der Waals surface area contributed by atoms with Gasteiger partial charge in [0.2, 0.25) is 5.89 Å². The number of rotatable bonds is 4. The summed E-state index contributed by atoms with van der Waals surface area (Å²) in [4.78, 5) is 15.3. The van der Waals surface area contributed by atoms with E-state index < -0.39 is 5.97 Å². The van der Waals surface area contributed by atoms with E-state index in [1.54, 1.807) is 24.3 Å². The molecule has 1 aromatic heterocycles. The van der Waals surface area contributed by atoms with E-state index in [2.05, 4.69) is 10.3 Å². The van der Waals surface area contributed by atoms with E-state index in [4.69, 9.17) is 32.7 Å². The Morgan fingerprint density at radius 2 is 2.08 bits per heavy atom. The van der Waals surface area contributed by atoms with Gasteiger partial charge in [0.25, 0.3) is 0 Å². The van der Waals surface area contributed by atoms with Crippen LogP contribution in [0.1, 0.15) is 16.2 Å². The fourth-order valence-electron chi connectivity index (χ4n) is 2.09. The van der Waals surface area contributed by atoms with Gasteiger partial charge in [-0.3, -0.25) is 0 Å². The van der Waals surface area contributed by atoms with Gasteiger partial charge in [-0.05, 0) is 36.4 Å². The topological polar surface area (TPSA) is 99.2 Å². The Bertz CT molecular complexity index is 1050. The predicted octanol–water partition coefficient (Wildman–Crippen LogP) is 4.81. The highest BCUT2D eigenvalue weighted by Crippen LogP contribution is 2.24. The molecule has 124 valence electrons. The van der Waals surface area contributed by atoms with Crippen LogP contribution in [0.2, 0.25) is 10.0 Å². The van der Waals surface area contributed by atoms with E-state index in [-0.39, 0.29) is 22.0 Å². The smallest absolute Gasteiger partial charge is 0.337 e. The predicted molar refractivity (Wildman–Crippen MR) is 94.6 cm³/mol. The van der Waals surface area contributed by atoms with Crippen LogP contribution in [-0.2, 0) is 0 Å². The summed E-state index contributed by atoms with van der Waals surface area (Å²) in [5.74, 6) is -1.02. The standard InChI is InChI=1S/C17H9Cl2N3O3/c18-10-1-4-15-14(5-10)22-16(25-15)9(7-20)8-21-11-2-3-13(19)12(6-11)17(23)24/h1-6,8,21H,(H,23,24). The van der Waals surface area contributed by atoms with Crippen LogP contribution in [0.25, 0.3) is 16.7 Å². The molecule has 0 aliphatic carbocycles. The van der Waals surface area contributed by atoms with Crippen molar-refractivity contribution in [3.05, 3.63) is 64.1 Å². The van der Waals surface area contributed by atoms with Crippen molar-refractivity contribution in [2.75, 3.05) is 5.32 Å². The first kappa shape index (κ1) is 16.8. The molecule has 0 aliphatic heterocycles. The van der Waals surface area contributed by atoms with Gasteiger partial charge >= 0.3 is 5.97 Å². The van der Waals surface area contributed by atoms with Crippen molar-refractivity contribution >= 4 is 51.5 Å². The third kappa shape index (κ3) is 3.58. The van der Waals surface area contributed by atoms with E-state index in [9.17, 15) is 10.1 Å². The Balaban J connectivity index is 1.91. The summed E-state index contributed by atoms with van der Waals surface area (Å²) < 4.78 is 5.53. The van der Waals surface area contributed by atoms with Crippen molar-refractivity contribution in [3.63, 3.8) is 0 Å². The number of nitrogens with one attached hydrogen (secondary N) is 1. The first-order chi connectivity index (χ1) is 12.0. The zero-order valence-corrected chi connectivity index (χ0v) is 14.0. The second-order valence-corrected chi connectivity index (χ2v) is 5.79. The number of fused-ring (bicyclic) bond motifs is 1. The molecule has 0 radical (unpaired) electrons. The Hall–Kier alpha value is -3.01. The summed E-state index contributed by atoms with van der Waals surface area (Å²) in [5, 5.41) is 21.9. The number of carboxylic acid groups (broad SMARTS) is 1. The van der Waals surface area contributed by atoms with Crippen molar-refractivity contribution in [1.29, 1.82) is 5.26 Å². The zero-order chi connectivity index (χ0) is 18.0. The molecule has 0 aliphatic rings. The van der Waals surface area contributed by atoms with E-state index in [0.717, 1.165) is 0 Å². The number of carbonyl (C=O) groups is 1. The maximum absolute atomic E-state index is 11.1. The normalized spacial score (nSPS) is 11.3. The van der Waals surface area contributed by atoms with Crippen molar-refractivity contribution in [3.8, 4) is 6.07 Å². The number of hydrogen-bond donors (Lipinski definition) is 2. The quantitative estimate of drug-likeness (QED) is 0.636. The van der Waals surface area contributed by atoms with Crippen LogP contribution in [0.4, 0.5) is 5.69 Å². The fourth-order valence-corrected chi connectivity index (χ4v) is 2.46. The Labute approximate surface area is 151 Å². The Kier molecular flexibility index (Phi) is 4.61. The number of nitriles is 1. The minimum Gasteiger partial charge on any atom is -0.478 e. The molecular formula is C17H9Cl2N3O3. The van der Waals surface area contributed by atoms with Crippen LogP contribution in [0.3, 0.4) is 0 Å². The maximum Gasteiger partial charge on any atom is 0.337 e. The van der Waals surface area contributed by atoms with Crippen molar-refractivity contribution in [2.24, 2.45) is 0 Å². The third-order valence-corrected chi connectivity index (χ3v) is 3.85. The number of hydrogen-bond acceptors (Lipinski definition) is 5. The number of halogens is 2. The molecular weight excluding hydrogens is 365 g/mol. The van der Waals surface area contributed by atoms with Crippen LogP contribution < -0.4 is 5.32 Å². The summed E-state index contributed by atoms with van der Waals surface area (Å²) in [6, 6.07) is 11.3. The average Bonchev–Trinajstić information content (AvgIpc) is 2.99. The molecule has 6 nitrogen and oxygen atoms in total. The van der Waals surface area contributed by atoms with Crippen LogP contribution in [0.15, 0.2) is 47.0 Å². The van der Waals surface area contributed by atoms with E-state index in [0.29, 0.717) is 21.8 Å². The first-order valence-corrected chi connectivity index (χ1v) is 7.69. The summed E-state index contributed by atoms with van der Waals surface area (Å²) >= 11 is 11.7. The summed E-state index contributed by atoms with van der Waals surface area (Å²) in [5.41, 5.74) is 1.58. The van der Waals surface area contributed by atoms with Crippen molar-refractivity contribution in [1.82, 2.24) is 4.98 Å². The number of benzene rings is 2. The van der Waals surface area contributed by atoms with E-state index in [1.165, 1.54) is 18.3 Å². The van der Waals surface area contributed by atoms with Gasteiger partial charge in [0.05, 0.1) is 10.6 Å². The maximum atomic E-state index is 11.1. The van der Waals surface area contributed by atoms with Crippen LogP contribution in [-0.4, -0.2) is 16.1 Å². The number of aromatic nitrogens is 1. The van der Waals surface area contributed by atoms with Gasteiger partial charge in [-0.15, -0.1) is 0 Å². The fraction of sp³-hybridized carbons (Fsp3) is 0. The zero-order valence-electron chi connectivity index (χ0n) is 12.5. The van der Waals surface area contributed by atoms with Gasteiger partial charge in [0.1, 0.15) is 17.2 Å². The third-order valence-electron chi connectivity index (χ3n) is 3.28. The van der Waals surface area contributed by atoms with Gasteiger partial charge in [-0.25, -0.2) is 9.78 Å². The lowest BCUT2D eigenvalue weighted by Crippen LogP contribution is -1.99. The summed E-state index contributed by atoms with van der Waals surface area (Å²) in [6.07, 6.45) is 1.38. The highest BCUT2D eigenvalue weighted by molar-refractivity contribution is 6.33. The molecule has 0 saturated heterocycles. The molecule has 3 rings (SSSR count).